The number of aliphatic hydroxyl groups excluding tert-OH is 1. The van der Waals surface area contributed by atoms with Crippen LogP contribution in [0.25, 0.3) is 0 Å². The SMILES string of the molecule is C[N+](C)(CC(=O)[O-])CC(O)CNS(=O)(=O)CCC(F)(F)C(F)(F)C(F)(F)C(F)(F)C(F)(F)C(F)(F)F. The number of carboxylic acids is 1. The predicted octanol–water partition coefficient (Wildman–Crippen LogP) is 1.22. The third-order valence-corrected chi connectivity index (χ3v) is 5.83. The topological polar surface area (TPSA) is 107 Å². The summed E-state index contributed by atoms with van der Waals surface area (Å²) in [7, 11) is -2.77. The molecule has 2 N–H and O–H groups in total. The Labute approximate surface area is 194 Å². The van der Waals surface area contributed by atoms with Gasteiger partial charge in [-0.15, -0.1) is 0 Å². The van der Waals surface area contributed by atoms with E-state index in [9.17, 15) is 80.5 Å². The van der Waals surface area contributed by atoms with E-state index in [4.69, 9.17) is 0 Å². The molecule has 0 radical (unpaired) electrons. The lowest BCUT2D eigenvalue weighted by Crippen LogP contribution is -2.70. The molecule has 0 amide bonds. The number of halogens is 13. The van der Waals surface area contributed by atoms with Crippen molar-refractivity contribution in [3.63, 3.8) is 0 Å². The van der Waals surface area contributed by atoms with Gasteiger partial charge in [-0.1, -0.05) is 0 Å². The van der Waals surface area contributed by atoms with Gasteiger partial charge in [-0.2, -0.15) is 57.1 Å². The molecule has 0 saturated carbocycles. The molecule has 36 heavy (non-hydrogen) atoms. The molecule has 0 aliphatic heterocycles. The number of quaternary nitrogens is 1. The molecule has 1 unspecified atom stereocenters. The molecule has 1 atom stereocenters. The van der Waals surface area contributed by atoms with E-state index in [1.807, 2.05) is 0 Å². The maximum Gasteiger partial charge on any atom is 0.460 e. The zero-order valence-electron chi connectivity index (χ0n) is 18.0. The number of alkyl halides is 13. The molecule has 0 aromatic rings. The van der Waals surface area contributed by atoms with Crippen LogP contribution in [-0.4, -0.2) is 105 Å². The second-order valence-corrected chi connectivity index (χ2v) is 10.1. The zero-order chi connectivity index (χ0) is 29.4. The van der Waals surface area contributed by atoms with Crippen molar-refractivity contribution in [1.29, 1.82) is 0 Å². The van der Waals surface area contributed by atoms with E-state index in [0.717, 1.165) is 0 Å². The van der Waals surface area contributed by atoms with Crippen molar-refractivity contribution < 1.29 is 85.0 Å². The number of carbonyl (C=O) groups is 1. The summed E-state index contributed by atoms with van der Waals surface area (Å²) in [6.07, 6.45) is -12.3. The van der Waals surface area contributed by atoms with Crippen LogP contribution in [0.4, 0.5) is 57.1 Å². The third kappa shape index (κ3) is 7.24. The first-order chi connectivity index (χ1) is 15.5. The molecule has 0 aliphatic rings. The smallest absolute Gasteiger partial charge is 0.460 e. The minimum Gasteiger partial charge on any atom is -0.544 e. The summed E-state index contributed by atoms with van der Waals surface area (Å²) < 4.78 is 193. The highest BCUT2D eigenvalue weighted by Gasteiger charge is 2.90. The van der Waals surface area contributed by atoms with Crippen LogP contribution in [-0.2, 0) is 14.8 Å². The first-order valence-electron chi connectivity index (χ1n) is 9.10. The van der Waals surface area contributed by atoms with E-state index in [2.05, 4.69) is 0 Å². The van der Waals surface area contributed by atoms with Crippen molar-refractivity contribution in [2.75, 3.05) is 39.5 Å². The van der Waals surface area contributed by atoms with Crippen LogP contribution in [0.3, 0.4) is 0 Å². The normalized spacial score (nSPS) is 16.2. The maximum absolute atomic E-state index is 13.7. The lowest BCUT2D eigenvalue weighted by Gasteiger charge is -2.39. The molecule has 0 fully saturated rings. The molecular formula is C15H19F13N2O5S. The number of hydrogen-bond donors (Lipinski definition) is 2. The van der Waals surface area contributed by atoms with Gasteiger partial charge in [0.1, 0.15) is 19.2 Å². The Balaban J connectivity index is 5.58. The van der Waals surface area contributed by atoms with Crippen molar-refractivity contribution in [3.05, 3.63) is 0 Å². The Kier molecular flexibility index (Phi) is 9.82. The van der Waals surface area contributed by atoms with Gasteiger partial charge in [-0.05, 0) is 0 Å². The number of aliphatic carboxylic acids is 1. The molecular weight excluding hydrogens is 567 g/mol. The van der Waals surface area contributed by atoms with E-state index in [1.165, 1.54) is 18.8 Å². The van der Waals surface area contributed by atoms with Crippen LogP contribution in [0, 0.1) is 0 Å². The number of carbonyl (C=O) groups excluding carboxylic acids is 1. The summed E-state index contributed by atoms with van der Waals surface area (Å²) >= 11 is 0. The number of carboxylic acid groups (broad SMARTS) is 1. The van der Waals surface area contributed by atoms with Crippen molar-refractivity contribution in [1.82, 2.24) is 4.72 Å². The highest BCUT2D eigenvalue weighted by molar-refractivity contribution is 7.89. The van der Waals surface area contributed by atoms with Gasteiger partial charge in [-0.3, -0.25) is 0 Å². The predicted molar refractivity (Wildman–Crippen MR) is 90.1 cm³/mol. The van der Waals surface area contributed by atoms with E-state index >= 15 is 0 Å². The lowest BCUT2D eigenvalue weighted by molar-refractivity contribution is -0.887. The second kappa shape index (κ2) is 10.3. The number of rotatable bonds is 14. The number of aliphatic hydroxyl groups is 1. The van der Waals surface area contributed by atoms with Crippen molar-refractivity contribution in [3.8, 4) is 0 Å². The summed E-state index contributed by atoms with van der Waals surface area (Å²) in [6.45, 7) is -2.29. The van der Waals surface area contributed by atoms with Crippen LogP contribution in [0.1, 0.15) is 6.42 Å². The quantitative estimate of drug-likeness (QED) is 0.235. The number of nitrogens with one attached hydrogen (secondary N) is 1. The monoisotopic (exact) mass is 586 g/mol. The van der Waals surface area contributed by atoms with Crippen molar-refractivity contribution >= 4 is 16.0 Å². The number of hydrogen-bond acceptors (Lipinski definition) is 5. The molecule has 216 valence electrons. The van der Waals surface area contributed by atoms with Gasteiger partial charge >= 0.3 is 35.8 Å². The highest BCUT2D eigenvalue weighted by atomic mass is 32.2. The molecule has 21 heteroatoms. The number of likely N-dealkylation sites (N-methyl/N-ethyl adjacent to an activating group) is 1. The Bertz CT molecular complexity index is 891. The van der Waals surface area contributed by atoms with Gasteiger partial charge in [0.2, 0.25) is 10.0 Å². The molecule has 0 saturated heterocycles. The van der Waals surface area contributed by atoms with Crippen LogP contribution < -0.4 is 9.83 Å². The minimum absolute atomic E-state index is 0.513. The van der Waals surface area contributed by atoms with Gasteiger partial charge in [0.05, 0.1) is 25.8 Å². The average Bonchev–Trinajstić information content (AvgIpc) is 2.62. The zero-order valence-corrected chi connectivity index (χ0v) is 18.8. The molecule has 0 aromatic carbocycles. The molecule has 0 spiro atoms. The number of sulfonamides is 1. The van der Waals surface area contributed by atoms with Crippen LogP contribution in [0.2, 0.25) is 0 Å². The summed E-state index contributed by atoms with van der Waals surface area (Å²) in [5.41, 5.74) is 0. The Morgan fingerprint density at radius 3 is 1.67 bits per heavy atom. The summed E-state index contributed by atoms with van der Waals surface area (Å²) in [4.78, 5) is 10.6. The fourth-order valence-electron chi connectivity index (χ4n) is 2.57. The standard InChI is InChI=1S/C15H19F13N2O5S/c1-30(2,7-9(32)33)6-8(31)5-29-36(34,35)4-3-10(16,17)11(18,19)12(20,21)13(22,23)14(24,25)15(26,27)28/h8,29,31H,3-7H2,1-2H3. The Morgan fingerprint density at radius 2 is 1.28 bits per heavy atom. The fourth-order valence-corrected chi connectivity index (χ4v) is 3.68. The van der Waals surface area contributed by atoms with E-state index in [1.54, 1.807) is 0 Å². The van der Waals surface area contributed by atoms with Gasteiger partial charge in [0.25, 0.3) is 0 Å². The van der Waals surface area contributed by atoms with Gasteiger partial charge in [-0.25, -0.2) is 13.1 Å². The average molecular weight is 586 g/mol. The van der Waals surface area contributed by atoms with Gasteiger partial charge in [0.15, 0.2) is 0 Å². The molecule has 0 rings (SSSR count). The van der Waals surface area contributed by atoms with Crippen LogP contribution >= 0.6 is 0 Å². The highest BCUT2D eigenvalue weighted by Crippen LogP contribution is 2.60. The van der Waals surface area contributed by atoms with Crippen LogP contribution in [0.5, 0.6) is 0 Å². The molecule has 0 aliphatic carbocycles. The first-order valence-corrected chi connectivity index (χ1v) is 10.8. The number of nitrogens with zero attached hydrogens (tertiary/aromatic N) is 1. The third-order valence-electron chi connectivity index (χ3n) is 4.48. The molecule has 0 bridgehead atoms. The van der Waals surface area contributed by atoms with Crippen LogP contribution in [0.15, 0.2) is 0 Å². The van der Waals surface area contributed by atoms with Crippen molar-refractivity contribution in [2.45, 2.75) is 48.3 Å². The van der Waals surface area contributed by atoms with E-state index < -0.39 is 94.2 Å². The van der Waals surface area contributed by atoms with Gasteiger partial charge in [0, 0.05) is 13.0 Å². The first kappa shape index (κ1) is 34.4. The summed E-state index contributed by atoms with van der Waals surface area (Å²) in [5.74, 6) is -42.1. The largest absolute Gasteiger partial charge is 0.544 e. The Hall–Kier alpha value is -1.61. The molecule has 7 nitrogen and oxygen atoms in total. The fraction of sp³-hybridized carbons (Fsp3) is 0.933. The maximum atomic E-state index is 13.7. The molecule has 0 aromatic heterocycles. The Morgan fingerprint density at radius 1 is 0.861 bits per heavy atom. The molecule has 0 heterocycles. The van der Waals surface area contributed by atoms with E-state index in [0.29, 0.717) is 0 Å². The summed E-state index contributed by atoms with van der Waals surface area (Å²) in [6, 6.07) is 0. The van der Waals surface area contributed by atoms with Crippen molar-refractivity contribution in [2.24, 2.45) is 0 Å². The van der Waals surface area contributed by atoms with Gasteiger partial charge < -0.3 is 19.5 Å². The lowest BCUT2D eigenvalue weighted by atomic mass is 9.93. The second-order valence-electron chi connectivity index (χ2n) is 8.22. The minimum atomic E-state index is -8.09. The summed E-state index contributed by atoms with van der Waals surface area (Å²) in [5, 5.41) is 20.2. The van der Waals surface area contributed by atoms with E-state index in [-0.39, 0.29) is 0 Å².